The van der Waals surface area contributed by atoms with Crippen molar-refractivity contribution >= 4 is 17.0 Å². The predicted octanol–water partition coefficient (Wildman–Crippen LogP) is 2.94. The minimum absolute atomic E-state index is 0.725. The molecule has 0 aliphatic heterocycles. The van der Waals surface area contributed by atoms with Gasteiger partial charge in [-0.3, -0.25) is 0 Å². The van der Waals surface area contributed by atoms with Crippen LogP contribution >= 0.6 is 11.3 Å². The molecule has 90 valence electrons. The highest BCUT2D eigenvalue weighted by molar-refractivity contribution is 7.11. The van der Waals surface area contributed by atoms with Gasteiger partial charge in [-0.1, -0.05) is 6.07 Å². The van der Waals surface area contributed by atoms with Gasteiger partial charge in [0, 0.05) is 23.1 Å². The molecule has 2 N–H and O–H groups in total. The number of aromatic nitrogens is 1. The van der Waals surface area contributed by atoms with Crippen molar-refractivity contribution in [3.63, 3.8) is 0 Å². The van der Waals surface area contributed by atoms with Gasteiger partial charge in [0.15, 0.2) is 0 Å². The zero-order valence-corrected chi connectivity index (χ0v) is 11.1. The second-order valence-corrected chi connectivity index (χ2v) is 5.28. The van der Waals surface area contributed by atoms with Crippen molar-refractivity contribution in [2.75, 3.05) is 12.8 Å². The molecule has 2 aromatic rings. The lowest BCUT2D eigenvalue weighted by atomic mass is 10.1. The van der Waals surface area contributed by atoms with Crippen LogP contribution in [0.1, 0.15) is 21.1 Å². The number of anilines is 1. The highest BCUT2D eigenvalue weighted by atomic mass is 32.1. The zero-order chi connectivity index (χ0) is 12.4. The summed E-state index contributed by atoms with van der Waals surface area (Å²) in [6, 6.07) is 5.78. The van der Waals surface area contributed by atoms with Gasteiger partial charge in [0.25, 0.3) is 0 Å². The highest BCUT2D eigenvalue weighted by Gasteiger charge is 2.09. The summed E-state index contributed by atoms with van der Waals surface area (Å²) in [4.78, 5) is 5.72. The summed E-state index contributed by atoms with van der Waals surface area (Å²) >= 11 is 1.73. The Morgan fingerprint density at radius 1 is 1.35 bits per heavy atom. The van der Waals surface area contributed by atoms with E-state index in [9.17, 15) is 0 Å². The monoisotopic (exact) mass is 248 g/mol. The van der Waals surface area contributed by atoms with Crippen molar-refractivity contribution < 1.29 is 4.74 Å². The van der Waals surface area contributed by atoms with Gasteiger partial charge in [-0.15, -0.1) is 11.3 Å². The van der Waals surface area contributed by atoms with Gasteiger partial charge in [-0.2, -0.15) is 0 Å². The topological polar surface area (TPSA) is 48.1 Å². The number of nitrogen functional groups attached to an aromatic ring is 1. The molecule has 3 nitrogen and oxygen atoms in total. The van der Waals surface area contributed by atoms with Crippen LogP contribution in [0.25, 0.3) is 0 Å². The van der Waals surface area contributed by atoms with Crippen molar-refractivity contribution in [1.29, 1.82) is 0 Å². The molecule has 0 saturated heterocycles. The minimum Gasteiger partial charge on any atom is -0.496 e. The number of aryl methyl sites for hydroxylation is 2. The first kappa shape index (κ1) is 11.9. The second kappa shape index (κ2) is 4.75. The molecule has 1 aromatic carbocycles. The van der Waals surface area contributed by atoms with E-state index >= 15 is 0 Å². The predicted molar refractivity (Wildman–Crippen MR) is 71.8 cm³/mol. The summed E-state index contributed by atoms with van der Waals surface area (Å²) in [7, 11) is 1.67. The van der Waals surface area contributed by atoms with Crippen LogP contribution in [0.2, 0.25) is 0 Å². The number of ether oxygens (including phenoxy) is 1. The Balaban J connectivity index is 2.32. The van der Waals surface area contributed by atoms with Gasteiger partial charge >= 0.3 is 0 Å². The Hall–Kier alpha value is -1.55. The molecule has 0 saturated carbocycles. The Labute approximate surface area is 105 Å². The molecule has 4 heteroatoms. The molecule has 0 bridgehead atoms. The molecule has 0 spiro atoms. The molecule has 0 fully saturated rings. The number of rotatable bonds is 3. The molecule has 0 unspecified atom stereocenters. The Kier molecular flexibility index (Phi) is 3.33. The molecule has 1 aromatic heterocycles. The van der Waals surface area contributed by atoms with Gasteiger partial charge in [0.1, 0.15) is 5.75 Å². The van der Waals surface area contributed by atoms with E-state index in [0.29, 0.717) is 0 Å². The number of hydrogen-bond donors (Lipinski definition) is 1. The van der Waals surface area contributed by atoms with Crippen molar-refractivity contribution in [2.24, 2.45) is 0 Å². The van der Waals surface area contributed by atoms with E-state index < -0.39 is 0 Å². The second-order valence-electron chi connectivity index (χ2n) is 3.99. The van der Waals surface area contributed by atoms with Crippen LogP contribution in [0.5, 0.6) is 5.75 Å². The van der Waals surface area contributed by atoms with Crippen molar-refractivity contribution in [3.8, 4) is 5.75 Å². The minimum atomic E-state index is 0.725. The van der Waals surface area contributed by atoms with E-state index in [1.165, 1.54) is 4.88 Å². The first-order valence-corrected chi connectivity index (χ1v) is 6.27. The lowest BCUT2D eigenvalue weighted by Gasteiger charge is -2.08. The van der Waals surface area contributed by atoms with Gasteiger partial charge < -0.3 is 10.5 Å². The average molecular weight is 248 g/mol. The molecular weight excluding hydrogens is 232 g/mol. The van der Waals surface area contributed by atoms with E-state index in [1.807, 2.05) is 32.0 Å². The zero-order valence-electron chi connectivity index (χ0n) is 10.3. The standard InChI is InChI=1S/C13H16N2OS/c1-8-13(17-9(2)15-8)6-10-4-5-11(14)7-12(10)16-3/h4-5,7H,6,14H2,1-3H3. The summed E-state index contributed by atoms with van der Waals surface area (Å²) in [6.45, 7) is 4.07. The smallest absolute Gasteiger partial charge is 0.124 e. The van der Waals surface area contributed by atoms with Crippen LogP contribution in [0.4, 0.5) is 5.69 Å². The third kappa shape index (κ3) is 2.58. The fourth-order valence-corrected chi connectivity index (χ4v) is 2.78. The maximum atomic E-state index is 5.74. The van der Waals surface area contributed by atoms with Crippen LogP contribution in [-0.4, -0.2) is 12.1 Å². The van der Waals surface area contributed by atoms with Crippen LogP contribution in [-0.2, 0) is 6.42 Å². The molecular formula is C13H16N2OS. The third-order valence-corrected chi connectivity index (χ3v) is 3.73. The molecule has 0 atom stereocenters. The number of methoxy groups -OCH3 is 1. The van der Waals surface area contributed by atoms with Crippen molar-refractivity contribution in [1.82, 2.24) is 4.98 Å². The first-order valence-electron chi connectivity index (χ1n) is 5.45. The molecule has 0 aliphatic carbocycles. The van der Waals surface area contributed by atoms with E-state index in [1.54, 1.807) is 18.4 Å². The SMILES string of the molecule is COc1cc(N)ccc1Cc1sc(C)nc1C. The number of hydrogen-bond acceptors (Lipinski definition) is 4. The van der Waals surface area contributed by atoms with Crippen LogP contribution < -0.4 is 10.5 Å². The lowest BCUT2D eigenvalue weighted by Crippen LogP contribution is -1.95. The third-order valence-electron chi connectivity index (χ3n) is 2.66. The van der Waals surface area contributed by atoms with E-state index in [-0.39, 0.29) is 0 Å². The maximum absolute atomic E-state index is 5.74. The highest BCUT2D eigenvalue weighted by Crippen LogP contribution is 2.27. The maximum Gasteiger partial charge on any atom is 0.124 e. The van der Waals surface area contributed by atoms with Gasteiger partial charge in [0.2, 0.25) is 0 Å². The number of benzene rings is 1. The van der Waals surface area contributed by atoms with Crippen LogP contribution in [0, 0.1) is 13.8 Å². The molecule has 17 heavy (non-hydrogen) atoms. The van der Waals surface area contributed by atoms with Gasteiger partial charge in [-0.05, 0) is 25.5 Å². The van der Waals surface area contributed by atoms with Crippen molar-refractivity contribution in [2.45, 2.75) is 20.3 Å². The fraction of sp³-hybridized carbons (Fsp3) is 0.308. The molecule has 0 aliphatic rings. The quantitative estimate of drug-likeness (QED) is 0.850. The normalized spacial score (nSPS) is 10.5. The summed E-state index contributed by atoms with van der Waals surface area (Å²) in [5.74, 6) is 0.843. The van der Waals surface area contributed by atoms with E-state index in [2.05, 4.69) is 4.98 Å². The number of nitrogens with zero attached hydrogens (tertiary/aromatic N) is 1. The summed E-state index contributed by atoms with van der Waals surface area (Å²) in [5, 5.41) is 1.10. The summed E-state index contributed by atoms with van der Waals surface area (Å²) in [6.07, 6.45) is 0.848. The Morgan fingerprint density at radius 2 is 2.12 bits per heavy atom. The van der Waals surface area contributed by atoms with E-state index in [4.69, 9.17) is 10.5 Å². The molecule has 1 heterocycles. The Morgan fingerprint density at radius 3 is 2.71 bits per heavy atom. The molecule has 2 rings (SSSR count). The summed E-state index contributed by atoms with van der Waals surface area (Å²) < 4.78 is 5.35. The summed E-state index contributed by atoms with van der Waals surface area (Å²) in [5.41, 5.74) is 8.72. The largest absolute Gasteiger partial charge is 0.496 e. The fourth-order valence-electron chi connectivity index (χ4n) is 1.82. The van der Waals surface area contributed by atoms with E-state index in [0.717, 1.165) is 34.1 Å². The van der Waals surface area contributed by atoms with Crippen LogP contribution in [0.15, 0.2) is 18.2 Å². The average Bonchev–Trinajstić information content (AvgIpc) is 2.60. The van der Waals surface area contributed by atoms with Gasteiger partial charge in [-0.25, -0.2) is 4.98 Å². The number of thiazole rings is 1. The van der Waals surface area contributed by atoms with Crippen molar-refractivity contribution in [3.05, 3.63) is 39.3 Å². The number of nitrogens with two attached hydrogens (primary N) is 1. The first-order chi connectivity index (χ1) is 8.10. The Bertz CT molecular complexity index is 534. The lowest BCUT2D eigenvalue weighted by molar-refractivity contribution is 0.411. The van der Waals surface area contributed by atoms with Gasteiger partial charge in [0.05, 0.1) is 17.8 Å². The molecule has 0 radical (unpaired) electrons. The van der Waals surface area contributed by atoms with Crippen LogP contribution in [0.3, 0.4) is 0 Å². The molecule has 0 amide bonds.